The smallest absolute Gasteiger partial charge is 0.220 e. The van der Waals surface area contributed by atoms with Crippen LogP contribution in [0.1, 0.15) is 13.3 Å². The lowest BCUT2D eigenvalue weighted by molar-refractivity contribution is -0.122. The number of hydrogen-bond donors (Lipinski definition) is 2. The van der Waals surface area contributed by atoms with Crippen molar-refractivity contribution in [1.29, 1.82) is 0 Å². The van der Waals surface area contributed by atoms with Gasteiger partial charge < -0.3 is 19.9 Å². The van der Waals surface area contributed by atoms with E-state index in [-0.39, 0.29) is 24.2 Å². The lowest BCUT2D eigenvalue weighted by Gasteiger charge is -2.16. The summed E-state index contributed by atoms with van der Waals surface area (Å²) in [6, 6.07) is -0.107. The van der Waals surface area contributed by atoms with Crippen molar-refractivity contribution in [2.75, 3.05) is 13.2 Å². The molecule has 5 heteroatoms. The molecule has 0 spiro atoms. The Balaban J connectivity index is 1.93. The van der Waals surface area contributed by atoms with Crippen molar-refractivity contribution in [3.63, 3.8) is 0 Å². The lowest BCUT2D eigenvalue weighted by atomic mass is 10.1. The van der Waals surface area contributed by atoms with Crippen molar-refractivity contribution in [2.24, 2.45) is 0 Å². The SMILES string of the molecule is CCC(=O)NC1COC2C(O)COC12. The van der Waals surface area contributed by atoms with E-state index < -0.39 is 6.10 Å². The van der Waals surface area contributed by atoms with Gasteiger partial charge in [0.25, 0.3) is 0 Å². The summed E-state index contributed by atoms with van der Waals surface area (Å²) < 4.78 is 10.7. The molecule has 0 aliphatic carbocycles. The van der Waals surface area contributed by atoms with Crippen LogP contribution in [0.3, 0.4) is 0 Å². The number of ether oxygens (including phenoxy) is 2. The highest BCUT2D eigenvalue weighted by atomic mass is 16.6. The number of carbonyl (C=O) groups excluding carboxylic acids is 1. The van der Waals surface area contributed by atoms with Crippen molar-refractivity contribution >= 4 is 5.91 Å². The summed E-state index contributed by atoms with van der Waals surface area (Å²) in [4.78, 5) is 11.2. The van der Waals surface area contributed by atoms with Gasteiger partial charge in [0.1, 0.15) is 18.3 Å². The average Bonchev–Trinajstić information content (AvgIpc) is 2.72. The molecule has 2 aliphatic rings. The quantitative estimate of drug-likeness (QED) is 0.604. The Bertz CT molecular complexity index is 233. The van der Waals surface area contributed by atoms with Gasteiger partial charge >= 0.3 is 0 Å². The predicted molar refractivity (Wildman–Crippen MR) is 47.7 cm³/mol. The lowest BCUT2D eigenvalue weighted by Crippen LogP contribution is -2.44. The molecule has 80 valence electrons. The minimum absolute atomic E-state index is 0.00996. The first-order valence-corrected chi connectivity index (χ1v) is 4.93. The zero-order valence-corrected chi connectivity index (χ0v) is 8.10. The van der Waals surface area contributed by atoms with E-state index in [4.69, 9.17) is 9.47 Å². The Morgan fingerprint density at radius 2 is 2.14 bits per heavy atom. The van der Waals surface area contributed by atoms with Gasteiger partial charge in [-0.2, -0.15) is 0 Å². The van der Waals surface area contributed by atoms with Crippen molar-refractivity contribution in [3.05, 3.63) is 0 Å². The van der Waals surface area contributed by atoms with Crippen LogP contribution >= 0.6 is 0 Å². The first-order valence-electron chi connectivity index (χ1n) is 4.93. The summed E-state index contributed by atoms with van der Waals surface area (Å²) in [6.07, 6.45) is -0.544. The Hall–Kier alpha value is -0.650. The molecule has 0 aromatic heterocycles. The Morgan fingerprint density at radius 1 is 1.43 bits per heavy atom. The summed E-state index contributed by atoms with van der Waals surface area (Å²) in [6.45, 7) is 2.53. The summed E-state index contributed by atoms with van der Waals surface area (Å²) in [5.74, 6) is -0.00996. The van der Waals surface area contributed by atoms with Crippen LogP contribution in [0.4, 0.5) is 0 Å². The Kier molecular flexibility index (Phi) is 2.71. The fourth-order valence-electron chi connectivity index (χ4n) is 1.91. The molecule has 2 fully saturated rings. The van der Waals surface area contributed by atoms with Crippen molar-refractivity contribution in [2.45, 2.75) is 37.7 Å². The maximum atomic E-state index is 11.2. The first-order chi connectivity index (χ1) is 6.72. The van der Waals surface area contributed by atoms with Crippen LogP contribution in [-0.4, -0.2) is 48.6 Å². The molecule has 4 atom stereocenters. The number of hydrogen-bond acceptors (Lipinski definition) is 4. The molecule has 2 rings (SSSR count). The third kappa shape index (κ3) is 1.63. The number of carbonyl (C=O) groups is 1. The Labute approximate surface area is 82.4 Å². The first kappa shape index (κ1) is 9.89. The van der Waals surface area contributed by atoms with E-state index in [0.29, 0.717) is 19.6 Å². The zero-order chi connectivity index (χ0) is 10.1. The highest BCUT2D eigenvalue weighted by Gasteiger charge is 2.47. The summed E-state index contributed by atoms with van der Waals surface area (Å²) in [7, 11) is 0. The predicted octanol–water partition coefficient (Wildman–Crippen LogP) is -0.960. The number of nitrogens with one attached hydrogen (secondary N) is 1. The number of aliphatic hydroxyl groups is 1. The largest absolute Gasteiger partial charge is 0.388 e. The van der Waals surface area contributed by atoms with Crippen LogP contribution in [0.5, 0.6) is 0 Å². The summed E-state index contributed by atoms with van der Waals surface area (Å²) >= 11 is 0. The van der Waals surface area contributed by atoms with Gasteiger partial charge in [-0.15, -0.1) is 0 Å². The molecule has 14 heavy (non-hydrogen) atoms. The molecule has 2 saturated heterocycles. The van der Waals surface area contributed by atoms with Crippen LogP contribution in [0.2, 0.25) is 0 Å². The van der Waals surface area contributed by atoms with Crippen LogP contribution in [-0.2, 0) is 14.3 Å². The van der Waals surface area contributed by atoms with Crippen LogP contribution in [0.15, 0.2) is 0 Å². The van der Waals surface area contributed by atoms with Crippen LogP contribution in [0.25, 0.3) is 0 Å². The highest BCUT2D eigenvalue weighted by Crippen LogP contribution is 2.26. The van der Waals surface area contributed by atoms with Gasteiger partial charge in [0.05, 0.1) is 19.3 Å². The molecule has 0 radical (unpaired) electrons. The molecule has 2 heterocycles. The molecule has 4 unspecified atom stereocenters. The van der Waals surface area contributed by atoms with E-state index in [0.717, 1.165) is 0 Å². The van der Waals surface area contributed by atoms with E-state index in [9.17, 15) is 9.90 Å². The minimum Gasteiger partial charge on any atom is -0.388 e. The van der Waals surface area contributed by atoms with Gasteiger partial charge in [-0.05, 0) is 0 Å². The van der Waals surface area contributed by atoms with Gasteiger partial charge in [-0.3, -0.25) is 4.79 Å². The maximum absolute atomic E-state index is 11.2. The van der Waals surface area contributed by atoms with Crippen molar-refractivity contribution in [3.8, 4) is 0 Å². The molecule has 2 aliphatic heterocycles. The number of amides is 1. The standard InChI is InChI=1S/C9H15NO4/c1-2-7(12)10-5-3-13-9-6(11)4-14-8(5)9/h5-6,8-9,11H,2-4H2,1H3,(H,10,12). The van der Waals surface area contributed by atoms with E-state index in [2.05, 4.69) is 5.32 Å². The Morgan fingerprint density at radius 3 is 2.86 bits per heavy atom. The molecular weight excluding hydrogens is 186 g/mol. The highest BCUT2D eigenvalue weighted by molar-refractivity contribution is 5.76. The minimum atomic E-state index is -0.552. The second-order valence-corrected chi connectivity index (χ2v) is 3.69. The van der Waals surface area contributed by atoms with Gasteiger partial charge in [-0.1, -0.05) is 6.92 Å². The zero-order valence-electron chi connectivity index (χ0n) is 8.10. The van der Waals surface area contributed by atoms with Crippen LogP contribution < -0.4 is 5.32 Å². The fourth-order valence-corrected chi connectivity index (χ4v) is 1.91. The molecule has 0 aromatic carbocycles. The van der Waals surface area contributed by atoms with Crippen molar-refractivity contribution in [1.82, 2.24) is 5.32 Å². The summed E-state index contributed by atoms with van der Waals surface area (Å²) in [5, 5.41) is 12.3. The molecule has 1 amide bonds. The third-order valence-electron chi connectivity index (χ3n) is 2.69. The molecule has 0 saturated carbocycles. The van der Waals surface area contributed by atoms with Crippen LogP contribution in [0, 0.1) is 0 Å². The second-order valence-electron chi connectivity index (χ2n) is 3.69. The van der Waals surface area contributed by atoms with Crippen molar-refractivity contribution < 1.29 is 19.4 Å². The molecule has 0 aromatic rings. The second kappa shape index (κ2) is 3.84. The van der Waals surface area contributed by atoms with Gasteiger partial charge in [0.2, 0.25) is 5.91 Å². The molecule has 2 N–H and O–H groups in total. The fraction of sp³-hybridized carbons (Fsp3) is 0.889. The van der Waals surface area contributed by atoms with Gasteiger partial charge in [0, 0.05) is 6.42 Å². The van der Waals surface area contributed by atoms with E-state index in [1.807, 2.05) is 0 Å². The molecule has 5 nitrogen and oxygen atoms in total. The normalized spacial score (nSPS) is 41.0. The topological polar surface area (TPSA) is 67.8 Å². The van der Waals surface area contributed by atoms with E-state index >= 15 is 0 Å². The van der Waals surface area contributed by atoms with Gasteiger partial charge in [0.15, 0.2) is 0 Å². The average molecular weight is 201 g/mol. The number of rotatable bonds is 2. The monoisotopic (exact) mass is 201 g/mol. The van der Waals surface area contributed by atoms with E-state index in [1.165, 1.54) is 0 Å². The molecular formula is C9H15NO4. The number of fused-ring (bicyclic) bond motifs is 1. The van der Waals surface area contributed by atoms with Gasteiger partial charge in [-0.25, -0.2) is 0 Å². The maximum Gasteiger partial charge on any atom is 0.220 e. The number of aliphatic hydroxyl groups excluding tert-OH is 1. The molecule has 0 bridgehead atoms. The summed E-state index contributed by atoms with van der Waals surface area (Å²) in [5.41, 5.74) is 0. The van der Waals surface area contributed by atoms with E-state index in [1.54, 1.807) is 6.92 Å². The third-order valence-corrected chi connectivity index (χ3v) is 2.69.